The van der Waals surface area contributed by atoms with Gasteiger partial charge < -0.3 is 15.0 Å². The van der Waals surface area contributed by atoms with Crippen LogP contribution in [0, 0.1) is 6.92 Å². The molecule has 3 rings (SSSR count). The monoisotopic (exact) mass is 570 g/mol. The van der Waals surface area contributed by atoms with Gasteiger partial charge in [-0.15, -0.1) is 0 Å². The Labute approximate surface area is 226 Å². The fraction of sp³-hybridized carbons (Fsp3) is 0.310. The third-order valence-corrected chi connectivity index (χ3v) is 6.61. The summed E-state index contributed by atoms with van der Waals surface area (Å²) in [6.07, 6.45) is 2.24. The van der Waals surface area contributed by atoms with E-state index < -0.39 is 6.04 Å². The van der Waals surface area contributed by atoms with E-state index in [1.807, 2.05) is 61.5 Å². The number of nitrogens with one attached hydrogen (secondary N) is 1. The van der Waals surface area contributed by atoms with Gasteiger partial charge >= 0.3 is 0 Å². The van der Waals surface area contributed by atoms with E-state index in [1.54, 1.807) is 23.1 Å². The van der Waals surface area contributed by atoms with Crippen molar-refractivity contribution in [3.63, 3.8) is 0 Å². The maximum atomic E-state index is 13.6. The Hall–Kier alpha value is -2.83. The first-order chi connectivity index (χ1) is 17.4. The maximum absolute atomic E-state index is 13.6. The van der Waals surface area contributed by atoms with Crippen molar-refractivity contribution in [2.45, 2.75) is 45.7 Å². The second kappa shape index (κ2) is 14.0. The molecule has 1 unspecified atom stereocenters. The molecule has 0 aromatic heterocycles. The highest BCUT2D eigenvalue weighted by Gasteiger charge is 2.30. The fourth-order valence-electron chi connectivity index (χ4n) is 3.76. The van der Waals surface area contributed by atoms with E-state index in [0.29, 0.717) is 23.7 Å². The molecule has 0 aliphatic heterocycles. The number of nitrogens with zero attached hydrogens (tertiary/aromatic N) is 1. The van der Waals surface area contributed by atoms with Gasteiger partial charge in [-0.3, -0.25) is 9.59 Å². The first-order valence-electron chi connectivity index (χ1n) is 12.1. The number of ether oxygens (including phenoxy) is 1. The fourth-order valence-corrected chi connectivity index (χ4v) is 4.49. The summed E-state index contributed by atoms with van der Waals surface area (Å²) in [6.45, 7) is 4.71. The minimum Gasteiger partial charge on any atom is -0.482 e. The molecule has 190 valence electrons. The van der Waals surface area contributed by atoms with Gasteiger partial charge in [0.1, 0.15) is 11.8 Å². The molecule has 3 aromatic rings. The van der Waals surface area contributed by atoms with Crippen LogP contribution in [0.5, 0.6) is 5.75 Å². The van der Waals surface area contributed by atoms with Crippen LogP contribution >= 0.6 is 27.5 Å². The molecule has 3 aromatic carbocycles. The first-order valence-corrected chi connectivity index (χ1v) is 13.3. The zero-order valence-corrected chi connectivity index (χ0v) is 23.0. The third kappa shape index (κ3) is 8.38. The largest absolute Gasteiger partial charge is 0.482 e. The predicted molar refractivity (Wildman–Crippen MR) is 148 cm³/mol. The second-order valence-corrected chi connectivity index (χ2v) is 10.0. The van der Waals surface area contributed by atoms with Gasteiger partial charge in [0, 0.05) is 24.0 Å². The molecule has 0 bridgehead atoms. The number of unbranched alkanes of at least 4 members (excludes halogenated alkanes) is 1. The van der Waals surface area contributed by atoms with Crippen molar-refractivity contribution in [1.29, 1.82) is 0 Å². The molecule has 5 nitrogen and oxygen atoms in total. The lowest BCUT2D eigenvalue weighted by atomic mass is 10.0. The van der Waals surface area contributed by atoms with Crippen molar-refractivity contribution in [3.8, 4) is 5.75 Å². The maximum Gasteiger partial charge on any atom is 0.261 e. The van der Waals surface area contributed by atoms with Gasteiger partial charge in [0.05, 0.1) is 5.02 Å². The van der Waals surface area contributed by atoms with Gasteiger partial charge in [-0.2, -0.15) is 0 Å². The second-order valence-electron chi connectivity index (χ2n) is 8.72. The van der Waals surface area contributed by atoms with Gasteiger partial charge in [0.2, 0.25) is 5.91 Å². The standard InChI is InChI=1S/C29H32BrClN2O3/c1-3-4-16-32-29(35)26(17-22-8-6-5-7-9-22)33(19-23-12-10-21(2)11-13-23)28(34)20-36-27-15-14-24(30)18-25(27)31/h5-15,18,26H,3-4,16-17,19-20H2,1-2H3,(H,32,35). The molecular weight excluding hydrogens is 540 g/mol. The highest BCUT2D eigenvalue weighted by molar-refractivity contribution is 9.10. The normalized spacial score (nSPS) is 11.6. The van der Waals surface area contributed by atoms with E-state index in [4.69, 9.17) is 16.3 Å². The van der Waals surface area contributed by atoms with Crippen molar-refractivity contribution in [1.82, 2.24) is 10.2 Å². The predicted octanol–water partition coefficient (Wildman–Crippen LogP) is 6.35. The molecule has 0 radical (unpaired) electrons. The number of hydrogen-bond donors (Lipinski definition) is 1. The van der Waals surface area contributed by atoms with Gasteiger partial charge in [0.25, 0.3) is 5.91 Å². The minimum absolute atomic E-state index is 0.172. The Morgan fingerprint density at radius 1 is 1.03 bits per heavy atom. The molecule has 0 fully saturated rings. The summed E-state index contributed by atoms with van der Waals surface area (Å²) >= 11 is 9.66. The Bertz CT molecular complexity index is 1140. The summed E-state index contributed by atoms with van der Waals surface area (Å²) in [5.41, 5.74) is 3.05. The molecule has 0 saturated heterocycles. The summed E-state index contributed by atoms with van der Waals surface area (Å²) in [5, 5.41) is 3.43. The van der Waals surface area contributed by atoms with E-state index in [0.717, 1.165) is 34.0 Å². The quantitative estimate of drug-likeness (QED) is 0.258. The summed E-state index contributed by atoms with van der Waals surface area (Å²) in [6, 6.07) is 22.3. The topological polar surface area (TPSA) is 58.6 Å². The number of rotatable bonds is 12. The van der Waals surface area contributed by atoms with E-state index in [9.17, 15) is 9.59 Å². The van der Waals surface area contributed by atoms with Crippen LogP contribution in [0.4, 0.5) is 0 Å². The number of benzene rings is 3. The summed E-state index contributed by atoms with van der Waals surface area (Å²) in [5.74, 6) is -0.0499. The Kier molecular flexibility index (Phi) is 10.8. The minimum atomic E-state index is -0.693. The molecule has 0 aliphatic rings. The van der Waals surface area contributed by atoms with Gasteiger partial charge in [-0.05, 0) is 42.7 Å². The highest BCUT2D eigenvalue weighted by atomic mass is 79.9. The van der Waals surface area contributed by atoms with Crippen molar-refractivity contribution < 1.29 is 14.3 Å². The van der Waals surface area contributed by atoms with Crippen molar-refractivity contribution >= 4 is 39.3 Å². The zero-order chi connectivity index (χ0) is 25.9. The number of amides is 2. The lowest BCUT2D eigenvalue weighted by Gasteiger charge is -2.31. The van der Waals surface area contributed by atoms with Gasteiger partial charge in [0.15, 0.2) is 6.61 Å². The molecular formula is C29H32BrClN2O3. The van der Waals surface area contributed by atoms with Gasteiger partial charge in [-0.25, -0.2) is 0 Å². The van der Waals surface area contributed by atoms with Crippen molar-refractivity contribution in [3.05, 3.63) is 99.0 Å². The summed E-state index contributed by atoms with van der Waals surface area (Å²) in [4.78, 5) is 28.6. The first kappa shape index (κ1) is 27.8. The Morgan fingerprint density at radius 2 is 1.75 bits per heavy atom. The molecule has 7 heteroatoms. The number of aryl methyl sites for hydroxylation is 1. The summed E-state index contributed by atoms with van der Waals surface area (Å²) < 4.78 is 6.61. The van der Waals surface area contributed by atoms with Crippen molar-refractivity contribution in [2.24, 2.45) is 0 Å². The Morgan fingerprint density at radius 3 is 2.42 bits per heavy atom. The number of carbonyl (C=O) groups excluding carboxylic acids is 2. The van der Waals surface area contributed by atoms with Crippen LogP contribution in [0.1, 0.15) is 36.5 Å². The lowest BCUT2D eigenvalue weighted by molar-refractivity contribution is -0.142. The van der Waals surface area contributed by atoms with E-state index in [1.165, 1.54) is 0 Å². The number of hydrogen-bond acceptors (Lipinski definition) is 3. The molecule has 0 spiro atoms. The van der Waals surface area contributed by atoms with Crippen LogP contribution in [0.25, 0.3) is 0 Å². The van der Waals surface area contributed by atoms with Gasteiger partial charge in [-0.1, -0.05) is 101 Å². The smallest absolute Gasteiger partial charge is 0.261 e. The molecule has 2 amide bonds. The van der Waals surface area contributed by atoms with Crippen molar-refractivity contribution in [2.75, 3.05) is 13.2 Å². The SMILES string of the molecule is CCCCNC(=O)C(Cc1ccccc1)N(Cc1ccc(C)cc1)C(=O)COc1ccc(Br)cc1Cl. The molecule has 1 N–H and O–H groups in total. The van der Waals surface area contributed by atoms with Crippen LogP contribution in [0.2, 0.25) is 5.02 Å². The highest BCUT2D eigenvalue weighted by Crippen LogP contribution is 2.28. The lowest BCUT2D eigenvalue weighted by Crippen LogP contribution is -2.51. The molecule has 36 heavy (non-hydrogen) atoms. The molecule has 0 heterocycles. The number of halogens is 2. The van der Waals surface area contributed by atoms with Crippen LogP contribution < -0.4 is 10.1 Å². The molecule has 1 atom stereocenters. The van der Waals surface area contributed by atoms with E-state index in [-0.39, 0.29) is 25.0 Å². The molecule has 0 aliphatic carbocycles. The van der Waals surface area contributed by atoms with Crippen LogP contribution in [-0.2, 0) is 22.6 Å². The zero-order valence-electron chi connectivity index (χ0n) is 20.7. The average Bonchev–Trinajstić information content (AvgIpc) is 2.87. The third-order valence-electron chi connectivity index (χ3n) is 5.82. The van der Waals surface area contributed by atoms with E-state index >= 15 is 0 Å². The van der Waals surface area contributed by atoms with E-state index in [2.05, 4.69) is 28.2 Å². The molecule has 0 saturated carbocycles. The number of carbonyl (C=O) groups is 2. The van der Waals surface area contributed by atoms with Crippen LogP contribution in [-0.4, -0.2) is 35.9 Å². The summed E-state index contributed by atoms with van der Waals surface area (Å²) in [7, 11) is 0. The van der Waals surface area contributed by atoms with Crippen LogP contribution in [0.15, 0.2) is 77.3 Å². The van der Waals surface area contributed by atoms with Crippen LogP contribution in [0.3, 0.4) is 0 Å². The average molecular weight is 572 g/mol. The Balaban J connectivity index is 1.88.